The van der Waals surface area contributed by atoms with Crippen LogP contribution in [0, 0.1) is 0 Å². The maximum atomic E-state index is 11.8. The summed E-state index contributed by atoms with van der Waals surface area (Å²) >= 11 is 12.9. The highest BCUT2D eigenvalue weighted by atomic mass is 32.1. The first-order valence-corrected chi connectivity index (χ1v) is 6.32. The molecule has 0 radical (unpaired) electrons. The zero-order valence-electron chi connectivity index (χ0n) is 8.80. The standard InChI is InChI=1S/C12H6O3S3/c13-11-5-3-1-2-4-6(5)7(12(14)15-11)9(17)10(18)8(4)16/h1-3,16-18H. The van der Waals surface area contributed by atoms with E-state index in [1.807, 2.05) is 0 Å². The van der Waals surface area contributed by atoms with Gasteiger partial charge in [-0.05, 0) is 11.5 Å². The van der Waals surface area contributed by atoms with E-state index >= 15 is 0 Å². The molecule has 90 valence electrons. The number of esters is 2. The highest BCUT2D eigenvalue weighted by molar-refractivity contribution is 7.85. The predicted molar refractivity (Wildman–Crippen MR) is 75.5 cm³/mol. The van der Waals surface area contributed by atoms with Crippen molar-refractivity contribution in [3.63, 3.8) is 0 Å². The van der Waals surface area contributed by atoms with Crippen LogP contribution in [0.5, 0.6) is 0 Å². The molecule has 3 rings (SSSR count). The molecule has 0 spiro atoms. The van der Waals surface area contributed by atoms with E-state index in [4.69, 9.17) is 4.74 Å². The van der Waals surface area contributed by atoms with Crippen molar-refractivity contribution in [1.82, 2.24) is 0 Å². The van der Waals surface area contributed by atoms with Crippen molar-refractivity contribution in [2.24, 2.45) is 0 Å². The number of carbonyl (C=O) groups is 2. The Hall–Kier alpha value is -1.11. The second-order valence-electron chi connectivity index (χ2n) is 3.83. The first kappa shape index (κ1) is 12.0. The minimum absolute atomic E-state index is 0.270. The number of benzene rings is 2. The molecule has 3 nitrogen and oxygen atoms in total. The molecule has 0 saturated heterocycles. The van der Waals surface area contributed by atoms with E-state index in [2.05, 4.69) is 37.9 Å². The van der Waals surface area contributed by atoms with Gasteiger partial charge in [-0.3, -0.25) is 0 Å². The van der Waals surface area contributed by atoms with Crippen LogP contribution in [-0.2, 0) is 4.74 Å². The fourth-order valence-corrected chi connectivity index (χ4v) is 2.99. The Morgan fingerprint density at radius 1 is 0.889 bits per heavy atom. The molecule has 2 aromatic rings. The van der Waals surface area contributed by atoms with Crippen molar-refractivity contribution >= 4 is 60.6 Å². The molecule has 0 aromatic heterocycles. The van der Waals surface area contributed by atoms with E-state index in [1.54, 1.807) is 18.2 Å². The Morgan fingerprint density at radius 2 is 1.61 bits per heavy atom. The van der Waals surface area contributed by atoms with E-state index in [1.165, 1.54) is 0 Å². The van der Waals surface area contributed by atoms with Crippen LogP contribution in [0.4, 0.5) is 0 Å². The lowest BCUT2D eigenvalue weighted by molar-refractivity contribution is 0.0388. The number of hydrogen-bond acceptors (Lipinski definition) is 6. The maximum absolute atomic E-state index is 11.8. The van der Waals surface area contributed by atoms with Crippen molar-refractivity contribution in [2.75, 3.05) is 0 Å². The number of hydrogen-bond donors (Lipinski definition) is 3. The van der Waals surface area contributed by atoms with Crippen LogP contribution in [0.25, 0.3) is 10.8 Å². The Kier molecular flexibility index (Phi) is 2.62. The molecule has 0 unspecified atom stereocenters. The number of ether oxygens (including phenoxy) is 1. The molecule has 6 heteroatoms. The first-order chi connectivity index (χ1) is 8.52. The van der Waals surface area contributed by atoms with Gasteiger partial charge in [-0.1, -0.05) is 12.1 Å². The minimum Gasteiger partial charge on any atom is -0.386 e. The molecule has 0 aliphatic carbocycles. The fraction of sp³-hybridized carbons (Fsp3) is 0. The van der Waals surface area contributed by atoms with Gasteiger partial charge in [0.15, 0.2) is 0 Å². The van der Waals surface area contributed by atoms with E-state index < -0.39 is 11.9 Å². The number of carbonyl (C=O) groups excluding carboxylic acids is 2. The molecule has 0 amide bonds. The van der Waals surface area contributed by atoms with Gasteiger partial charge in [0.1, 0.15) is 0 Å². The number of rotatable bonds is 0. The molecule has 0 N–H and O–H groups in total. The van der Waals surface area contributed by atoms with Gasteiger partial charge in [0.2, 0.25) is 0 Å². The van der Waals surface area contributed by atoms with Gasteiger partial charge < -0.3 is 4.74 Å². The van der Waals surface area contributed by atoms with Crippen molar-refractivity contribution < 1.29 is 14.3 Å². The summed E-state index contributed by atoms with van der Waals surface area (Å²) in [5.74, 6) is -1.34. The zero-order chi connectivity index (χ0) is 13.0. The maximum Gasteiger partial charge on any atom is 0.347 e. The van der Waals surface area contributed by atoms with Gasteiger partial charge >= 0.3 is 11.9 Å². The molecule has 0 atom stereocenters. The van der Waals surface area contributed by atoms with E-state index in [-0.39, 0.29) is 5.56 Å². The van der Waals surface area contributed by atoms with Gasteiger partial charge in [0.05, 0.1) is 11.1 Å². The van der Waals surface area contributed by atoms with E-state index in [0.29, 0.717) is 31.0 Å². The van der Waals surface area contributed by atoms with E-state index in [9.17, 15) is 9.59 Å². The third kappa shape index (κ3) is 1.43. The Balaban J connectivity index is 2.65. The van der Waals surface area contributed by atoms with Crippen LogP contribution < -0.4 is 0 Å². The minimum atomic E-state index is -0.697. The summed E-state index contributed by atoms with van der Waals surface area (Å²) in [5, 5.41) is 1.23. The van der Waals surface area contributed by atoms with Crippen molar-refractivity contribution in [3.05, 3.63) is 29.3 Å². The zero-order valence-corrected chi connectivity index (χ0v) is 11.5. The SMILES string of the molecule is O=C1OC(=O)c2c(S)c(S)c(S)c3cccc1c23. The normalized spacial score (nSPS) is 13.9. The van der Waals surface area contributed by atoms with E-state index in [0.717, 1.165) is 0 Å². The summed E-state index contributed by atoms with van der Waals surface area (Å²) in [7, 11) is 0. The molecular formula is C12H6O3S3. The van der Waals surface area contributed by atoms with Crippen molar-refractivity contribution in [2.45, 2.75) is 14.7 Å². The van der Waals surface area contributed by atoms with Crippen LogP contribution >= 0.6 is 37.9 Å². The van der Waals surface area contributed by atoms with Gasteiger partial charge in [0.25, 0.3) is 0 Å². The fourth-order valence-electron chi connectivity index (χ4n) is 2.05. The van der Waals surface area contributed by atoms with Crippen LogP contribution in [0.15, 0.2) is 32.9 Å². The summed E-state index contributed by atoms with van der Waals surface area (Å²) in [6.45, 7) is 0. The summed E-state index contributed by atoms with van der Waals surface area (Å²) in [6.07, 6.45) is 0. The summed E-state index contributed by atoms with van der Waals surface area (Å²) in [4.78, 5) is 25.0. The monoisotopic (exact) mass is 294 g/mol. The second-order valence-corrected chi connectivity index (χ2v) is 5.17. The molecule has 18 heavy (non-hydrogen) atoms. The Morgan fingerprint density at radius 3 is 2.33 bits per heavy atom. The van der Waals surface area contributed by atoms with Gasteiger partial charge in [-0.2, -0.15) is 0 Å². The van der Waals surface area contributed by atoms with Gasteiger partial charge in [-0.15, -0.1) is 37.9 Å². The number of thiol groups is 3. The second kappa shape index (κ2) is 3.94. The summed E-state index contributed by atoms with van der Waals surface area (Å²) < 4.78 is 4.69. The molecular weight excluding hydrogens is 288 g/mol. The quantitative estimate of drug-likeness (QED) is 0.397. The average molecular weight is 294 g/mol. The molecule has 1 aliphatic heterocycles. The molecule has 1 aliphatic rings. The Bertz CT molecular complexity index is 737. The Labute approximate surface area is 119 Å². The highest BCUT2D eigenvalue weighted by Gasteiger charge is 2.31. The van der Waals surface area contributed by atoms with Gasteiger partial charge in [-0.25, -0.2) is 9.59 Å². The summed E-state index contributed by atoms with van der Waals surface area (Å²) in [5.41, 5.74) is 0.618. The summed E-state index contributed by atoms with van der Waals surface area (Å²) in [6, 6.07) is 5.10. The van der Waals surface area contributed by atoms with Crippen LogP contribution in [0.3, 0.4) is 0 Å². The lowest BCUT2D eigenvalue weighted by atomic mass is 9.97. The topological polar surface area (TPSA) is 43.4 Å². The number of cyclic esters (lactones) is 2. The molecule has 2 aromatic carbocycles. The molecule has 0 bridgehead atoms. The highest BCUT2D eigenvalue weighted by Crippen LogP contribution is 2.40. The smallest absolute Gasteiger partial charge is 0.347 e. The van der Waals surface area contributed by atoms with Crippen molar-refractivity contribution in [1.29, 1.82) is 0 Å². The first-order valence-electron chi connectivity index (χ1n) is 4.98. The third-order valence-corrected chi connectivity index (χ3v) is 4.58. The average Bonchev–Trinajstić information content (AvgIpc) is 2.35. The van der Waals surface area contributed by atoms with Crippen LogP contribution in [-0.4, -0.2) is 11.9 Å². The lowest BCUT2D eigenvalue weighted by Crippen LogP contribution is -2.20. The van der Waals surface area contributed by atoms with Gasteiger partial charge in [0, 0.05) is 20.1 Å². The largest absolute Gasteiger partial charge is 0.386 e. The van der Waals surface area contributed by atoms with Crippen LogP contribution in [0.1, 0.15) is 20.7 Å². The third-order valence-electron chi connectivity index (χ3n) is 2.86. The molecule has 0 saturated carbocycles. The van der Waals surface area contributed by atoms with Crippen molar-refractivity contribution in [3.8, 4) is 0 Å². The van der Waals surface area contributed by atoms with Crippen LogP contribution in [0.2, 0.25) is 0 Å². The predicted octanol–water partition coefficient (Wildman–Crippen LogP) is 3.02. The molecule has 1 heterocycles. The lowest BCUT2D eigenvalue weighted by Gasteiger charge is -2.19. The molecule has 0 fully saturated rings.